The van der Waals surface area contributed by atoms with Crippen molar-refractivity contribution in [3.8, 4) is 22.8 Å². The van der Waals surface area contributed by atoms with Crippen LogP contribution < -0.4 is 5.73 Å². The number of halogens is 8. The predicted molar refractivity (Wildman–Crippen MR) is 118 cm³/mol. The number of rotatable bonds is 5. The van der Waals surface area contributed by atoms with Gasteiger partial charge in [0.2, 0.25) is 11.9 Å². The summed E-state index contributed by atoms with van der Waals surface area (Å²) in [4.78, 5) is 19.0. The number of nitrogens with zero attached hydrogens (tertiary/aromatic N) is 4. The van der Waals surface area contributed by atoms with Crippen LogP contribution in [0.3, 0.4) is 0 Å². The molecule has 0 fully saturated rings. The minimum Gasteiger partial charge on any atom is -0.366 e. The summed E-state index contributed by atoms with van der Waals surface area (Å²) in [6, 6.07) is 9.55. The van der Waals surface area contributed by atoms with Crippen LogP contribution in [-0.4, -0.2) is 25.7 Å². The highest BCUT2D eigenvalue weighted by atomic mass is 19.4. The van der Waals surface area contributed by atoms with Gasteiger partial charge in [-0.05, 0) is 24.3 Å². The number of aromatic nitrogens is 4. The molecule has 0 saturated heterocycles. The molecule has 1 amide bonds. The van der Waals surface area contributed by atoms with Crippen molar-refractivity contribution < 1.29 is 39.9 Å². The number of hydrogen-bond acceptors (Lipinski definition) is 4. The molecular formula is C24H13F8N5O. The van der Waals surface area contributed by atoms with E-state index < -0.39 is 75.2 Å². The fourth-order valence-corrected chi connectivity index (χ4v) is 3.56. The number of carbonyl (C=O) groups excluding carboxylic acids is 1. The Kier molecular flexibility index (Phi) is 6.74. The monoisotopic (exact) mass is 539 g/mol. The summed E-state index contributed by atoms with van der Waals surface area (Å²) in [7, 11) is 0. The molecule has 4 rings (SSSR count). The average Bonchev–Trinajstić information content (AvgIpc) is 3.25. The molecule has 38 heavy (non-hydrogen) atoms. The Bertz CT molecular complexity index is 1560. The molecule has 0 radical (unpaired) electrons. The van der Waals surface area contributed by atoms with E-state index in [1.165, 1.54) is 12.1 Å². The molecule has 0 aliphatic heterocycles. The van der Waals surface area contributed by atoms with Gasteiger partial charge in [0, 0.05) is 22.9 Å². The third-order valence-electron chi connectivity index (χ3n) is 5.20. The fraction of sp³-hybridized carbons (Fsp3) is 0.0833. The van der Waals surface area contributed by atoms with Gasteiger partial charge in [-0.1, -0.05) is 36.4 Å². The third kappa shape index (κ3) is 5.23. The Morgan fingerprint density at radius 1 is 0.789 bits per heavy atom. The van der Waals surface area contributed by atoms with Crippen LogP contribution >= 0.6 is 0 Å². The van der Waals surface area contributed by atoms with Gasteiger partial charge in [0.15, 0.2) is 11.6 Å². The van der Waals surface area contributed by atoms with E-state index in [9.17, 15) is 39.9 Å². The van der Waals surface area contributed by atoms with Gasteiger partial charge in [-0.25, -0.2) is 9.67 Å². The molecule has 196 valence electrons. The van der Waals surface area contributed by atoms with Crippen LogP contribution in [0.2, 0.25) is 0 Å². The SMILES string of the molecule is NC(=O)/C(=C/n1nc(-c2ccccc2C(F)(F)F)nc1-c1ccccc1C(F)(F)F)c1ccc(F)nc1F. The van der Waals surface area contributed by atoms with E-state index >= 15 is 0 Å². The summed E-state index contributed by atoms with van der Waals surface area (Å²) in [6.07, 6.45) is -9.11. The van der Waals surface area contributed by atoms with Crippen LogP contribution in [-0.2, 0) is 17.1 Å². The van der Waals surface area contributed by atoms with Crippen LogP contribution in [0, 0.1) is 11.9 Å². The van der Waals surface area contributed by atoms with E-state index in [4.69, 9.17) is 5.73 Å². The minimum absolute atomic E-state index is 0.565. The number of amides is 1. The van der Waals surface area contributed by atoms with Crippen molar-refractivity contribution in [2.24, 2.45) is 5.73 Å². The molecule has 0 aliphatic rings. The van der Waals surface area contributed by atoms with E-state index in [0.29, 0.717) is 23.0 Å². The van der Waals surface area contributed by atoms with Crippen LogP contribution in [0.15, 0.2) is 60.7 Å². The van der Waals surface area contributed by atoms with Crippen molar-refractivity contribution >= 4 is 17.7 Å². The predicted octanol–water partition coefficient (Wildman–Crippen LogP) is 5.81. The summed E-state index contributed by atoms with van der Waals surface area (Å²) in [5.41, 5.74) is 0.386. The third-order valence-corrected chi connectivity index (χ3v) is 5.20. The van der Waals surface area contributed by atoms with Gasteiger partial charge >= 0.3 is 12.4 Å². The minimum atomic E-state index is -4.92. The first kappa shape index (κ1) is 26.4. The average molecular weight is 539 g/mol. The highest BCUT2D eigenvalue weighted by Gasteiger charge is 2.37. The van der Waals surface area contributed by atoms with E-state index in [1.807, 2.05) is 0 Å². The molecule has 0 spiro atoms. The lowest BCUT2D eigenvalue weighted by atomic mass is 10.1. The van der Waals surface area contributed by atoms with Gasteiger partial charge in [0.25, 0.3) is 5.91 Å². The molecule has 0 unspecified atom stereocenters. The number of alkyl halides is 6. The zero-order valence-electron chi connectivity index (χ0n) is 18.6. The van der Waals surface area contributed by atoms with Gasteiger partial charge < -0.3 is 5.73 Å². The maximum Gasteiger partial charge on any atom is 0.417 e. The second kappa shape index (κ2) is 9.68. The van der Waals surface area contributed by atoms with Crippen molar-refractivity contribution in [1.82, 2.24) is 19.7 Å². The second-order valence-electron chi connectivity index (χ2n) is 7.67. The maximum atomic E-state index is 14.3. The van der Waals surface area contributed by atoms with Gasteiger partial charge in [0.05, 0.1) is 16.7 Å². The van der Waals surface area contributed by atoms with E-state index in [-0.39, 0.29) is 0 Å². The van der Waals surface area contributed by atoms with Crippen LogP contribution in [0.4, 0.5) is 35.1 Å². The Morgan fingerprint density at radius 3 is 1.89 bits per heavy atom. The molecule has 4 aromatic rings. The van der Waals surface area contributed by atoms with Gasteiger partial charge in [-0.3, -0.25) is 4.79 Å². The zero-order valence-corrected chi connectivity index (χ0v) is 18.6. The Hall–Kier alpha value is -4.62. The standard InChI is InChI=1S/C24H13F8N5O/c25-18-10-9-12(19(26)34-18)15(20(33)38)11-37-22(14-6-2-4-8-17(14)24(30,31)32)35-21(36-37)13-5-1-3-7-16(13)23(27,28)29/h1-11H,(H2,33,38)/b15-11+. The lowest BCUT2D eigenvalue weighted by Crippen LogP contribution is -2.16. The number of benzene rings is 2. The van der Waals surface area contributed by atoms with Crippen molar-refractivity contribution in [2.45, 2.75) is 12.4 Å². The number of carbonyl (C=O) groups is 1. The molecule has 0 aliphatic carbocycles. The largest absolute Gasteiger partial charge is 0.417 e. The Balaban J connectivity index is 2.04. The van der Waals surface area contributed by atoms with Crippen molar-refractivity contribution in [1.29, 1.82) is 0 Å². The first-order valence-corrected chi connectivity index (χ1v) is 10.4. The topological polar surface area (TPSA) is 86.7 Å². The first-order chi connectivity index (χ1) is 17.8. The number of hydrogen-bond donors (Lipinski definition) is 1. The van der Waals surface area contributed by atoms with Crippen LogP contribution in [0.5, 0.6) is 0 Å². The molecule has 14 heteroatoms. The van der Waals surface area contributed by atoms with Crippen molar-refractivity contribution in [3.63, 3.8) is 0 Å². The summed E-state index contributed by atoms with van der Waals surface area (Å²) in [5, 5.41) is 3.89. The molecule has 2 aromatic heterocycles. The molecule has 0 atom stereocenters. The van der Waals surface area contributed by atoms with Crippen LogP contribution in [0.1, 0.15) is 16.7 Å². The fourth-order valence-electron chi connectivity index (χ4n) is 3.56. The summed E-state index contributed by atoms with van der Waals surface area (Å²) in [6.45, 7) is 0. The first-order valence-electron chi connectivity index (χ1n) is 10.4. The maximum absolute atomic E-state index is 14.3. The lowest BCUT2D eigenvalue weighted by molar-refractivity contribution is -0.137. The van der Waals surface area contributed by atoms with E-state index in [2.05, 4.69) is 15.1 Å². The molecule has 6 nitrogen and oxygen atoms in total. The Morgan fingerprint density at radius 2 is 1.34 bits per heavy atom. The molecule has 0 saturated carbocycles. The van der Waals surface area contributed by atoms with Crippen molar-refractivity contribution in [3.05, 3.63) is 89.2 Å². The number of primary amides is 1. The highest BCUT2D eigenvalue weighted by Crippen LogP contribution is 2.39. The van der Waals surface area contributed by atoms with Gasteiger partial charge in [-0.15, -0.1) is 5.10 Å². The second-order valence-corrected chi connectivity index (χ2v) is 7.67. The number of nitrogens with two attached hydrogens (primary N) is 1. The quantitative estimate of drug-likeness (QED) is 0.197. The molecule has 0 bridgehead atoms. The summed E-state index contributed by atoms with van der Waals surface area (Å²) in [5.74, 6) is -5.32. The lowest BCUT2D eigenvalue weighted by Gasteiger charge is -2.12. The van der Waals surface area contributed by atoms with Gasteiger partial charge in [0.1, 0.15) is 0 Å². The highest BCUT2D eigenvalue weighted by molar-refractivity contribution is 6.22. The Labute approximate surface area is 208 Å². The summed E-state index contributed by atoms with van der Waals surface area (Å²) >= 11 is 0. The van der Waals surface area contributed by atoms with E-state index in [1.54, 1.807) is 0 Å². The molecular weight excluding hydrogens is 526 g/mol. The van der Waals surface area contributed by atoms with Crippen LogP contribution in [0.25, 0.3) is 34.5 Å². The van der Waals surface area contributed by atoms with Crippen molar-refractivity contribution in [2.75, 3.05) is 0 Å². The van der Waals surface area contributed by atoms with E-state index in [0.717, 1.165) is 36.4 Å². The summed E-state index contributed by atoms with van der Waals surface area (Å²) < 4.78 is 110. The molecule has 2 N–H and O–H groups in total. The zero-order chi connectivity index (χ0) is 27.8. The normalized spacial score (nSPS) is 12.6. The molecule has 2 heterocycles. The smallest absolute Gasteiger partial charge is 0.366 e. The molecule has 2 aromatic carbocycles. The van der Waals surface area contributed by atoms with Gasteiger partial charge in [-0.2, -0.15) is 40.1 Å². The number of pyridine rings is 1.